The van der Waals surface area contributed by atoms with Crippen LogP contribution in [-0.2, 0) is 9.53 Å². The topological polar surface area (TPSA) is 86.8 Å². The number of fused-ring (bicyclic) bond motifs is 1. The summed E-state index contributed by atoms with van der Waals surface area (Å²) in [5.41, 5.74) is 1.93. The molecule has 0 radical (unpaired) electrons. The second-order valence-electron chi connectivity index (χ2n) is 6.15. The molecule has 3 rings (SSSR count). The van der Waals surface area contributed by atoms with Crippen molar-refractivity contribution >= 4 is 40.1 Å². The number of benzene rings is 2. The van der Waals surface area contributed by atoms with Gasteiger partial charge in [-0.1, -0.05) is 11.6 Å². The molecule has 1 aromatic heterocycles. The molecular weight excluding hydrogens is 396 g/mol. The number of hydrogen-bond donors (Lipinski definition) is 1. The van der Waals surface area contributed by atoms with E-state index in [4.69, 9.17) is 25.8 Å². The van der Waals surface area contributed by atoms with Gasteiger partial charge in [-0.3, -0.25) is 9.78 Å². The first kappa shape index (κ1) is 20.4. The van der Waals surface area contributed by atoms with E-state index < -0.39 is 18.5 Å². The number of rotatable bonds is 6. The van der Waals surface area contributed by atoms with Gasteiger partial charge < -0.3 is 19.5 Å². The van der Waals surface area contributed by atoms with E-state index in [1.54, 1.807) is 49.4 Å². The first-order chi connectivity index (χ1) is 13.9. The van der Waals surface area contributed by atoms with Crippen molar-refractivity contribution in [3.8, 4) is 11.5 Å². The summed E-state index contributed by atoms with van der Waals surface area (Å²) in [6, 6.07) is 11.8. The maximum atomic E-state index is 12.4. The van der Waals surface area contributed by atoms with E-state index in [1.807, 2.05) is 0 Å². The van der Waals surface area contributed by atoms with Crippen LogP contribution in [0.2, 0.25) is 5.02 Å². The van der Waals surface area contributed by atoms with Gasteiger partial charge in [0, 0.05) is 16.5 Å². The van der Waals surface area contributed by atoms with E-state index in [9.17, 15) is 9.59 Å². The number of aromatic nitrogens is 1. The highest BCUT2D eigenvalue weighted by Crippen LogP contribution is 2.29. The zero-order valence-corrected chi connectivity index (χ0v) is 16.9. The Balaban J connectivity index is 1.68. The molecular formula is C21H19ClN2O5. The fourth-order valence-corrected chi connectivity index (χ4v) is 2.93. The second-order valence-corrected chi connectivity index (χ2v) is 6.59. The molecule has 0 saturated heterocycles. The highest BCUT2D eigenvalue weighted by Gasteiger charge is 2.16. The summed E-state index contributed by atoms with van der Waals surface area (Å²) < 4.78 is 15.5. The number of aryl methyl sites for hydroxylation is 1. The zero-order chi connectivity index (χ0) is 21.0. The van der Waals surface area contributed by atoms with Crippen molar-refractivity contribution in [2.45, 2.75) is 6.92 Å². The van der Waals surface area contributed by atoms with Crippen LogP contribution in [-0.4, -0.2) is 37.7 Å². The summed E-state index contributed by atoms with van der Waals surface area (Å²) in [5.74, 6) is -0.133. The minimum absolute atomic E-state index is 0.273. The van der Waals surface area contributed by atoms with E-state index in [2.05, 4.69) is 10.3 Å². The number of carbonyl (C=O) groups excluding carboxylic acids is 2. The Morgan fingerprint density at radius 2 is 1.86 bits per heavy atom. The summed E-state index contributed by atoms with van der Waals surface area (Å²) in [7, 11) is 3.01. The van der Waals surface area contributed by atoms with Gasteiger partial charge in [0.1, 0.15) is 11.5 Å². The first-order valence-electron chi connectivity index (χ1n) is 8.67. The van der Waals surface area contributed by atoms with E-state index in [1.165, 1.54) is 14.2 Å². The number of methoxy groups -OCH3 is 2. The molecule has 8 heteroatoms. The molecule has 1 heterocycles. The number of nitrogens with one attached hydrogen (secondary N) is 1. The Bertz CT molecular complexity index is 1080. The molecule has 1 amide bonds. The molecule has 0 bridgehead atoms. The summed E-state index contributed by atoms with van der Waals surface area (Å²) in [5, 5.41) is 3.89. The lowest BCUT2D eigenvalue weighted by atomic mass is 10.1. The smallest absolute Gasteiger partial charge is 0.340 e. The Labute approximate surface area is 172 Å². The quantitative estimate of drug-likeness (QED) is 0.613. The van der Waals surface area contributed by atoms with Crippen molar-refractivity contribution in [2.75, 3.05) is 26.1 Å². The Morgan fingerprint density at radius 3 is 2.59 bits per heavy atom. The minimum Gasteiger partial charge on any atom is -0.497 e. The molecule has 0 spiro atoms. The van der Waals surface area contributed by atoms with Crippen molar-refractivity contribution in [3.63, 3.8) is 0 Å². The van der Waals surface area contributed by atoms with Crippen LogP contribution in [0.1, 0.15) is 16.1 Å². The molecule has 2 aromatic carbocycles. The molecule has 150 valence electrons. The lowest BCUT2D eigenvalue weighted by Crippen LogP contribution is -2.21. The van der Waals surface area contributed by atoms with Gasteiger partial charge in [-0.15, -0.1) is 0 Å². The third kappa shape index (κ3) is 4.75. The molecule has 0 unspecified atom stereocenters. The maximum Gasteiger partial charge on any atom is 0.340 e. The number of hydrogen-bond acceptors (Lipinski definition) is 6. The van der Waals surface area contributed by atoms with Crippen molar-refractivity contribution in [1.29, 1.82) is 0 Å². The maximum absolute atomic E-state index is 12.4. The Hall–Kier alpha value is -3.32. The predicted octanol–water partition coefficient (Wildman–Crippen LogP) is 4.01. The third-order valence-corrected chi connectivity index (χ3v) is 4.44. The number of amides is 1. The standard InChI is InChI=1S/C21H19ClN2O5/c1-12-16(9-13-8-14(22)4-6-17(13)23-12)21(26)29-11-20(25)24-18-7-5-15(27-2)10-19(18)28-3/h4-10H,11H2,1-3H3,(H,24,25). The van der Waals surface area contributed by atoms with Crippen LogP contribution in [0.5, 0.6) is 11.5 Å². The summed E-state index contributed by atoms with van der Waals surface area (Å²) >= 11 is 6.00. The zero-order valence-electron chi connectivity index (χ0n) is 16.1. The van der Waals surface area contributed by atoms with Gasteiger partial charge in [-0.2, -0.15) is 0 Å². The number of ether oxygens (including phenoxy) is 3. The Kier molecular flexibility index (Phi) is 6.19. The SMILES string of the molecule is COc1ccc(NC(=O)COC(=O)c2cc3cc(Cl)ccc3nc2C)c(OC)c1. The highest BCUT2D eigenvalue weighted by molar-refractivity contribution is 6.31. The number of halogens is 1. The lowest BCUT2D eigenvalue weighted by molar-refractivity contribution is -0.119. The third-order valence-electron chi connectivity index (χ3n) is 4.20. The van der Waals surface area contributed by atoms with Gasteiger partial charge in [0.25, 0.3) is 5.91 Å². The van der Waals surface area contributed by atoms with E-state index in [-0.39, 0.29) is 5.56 Å². The molecule has 0 fully saturated rings. The van der Waals surface area contributed by atoms with Gasteiger partial charge in [-0.25, -0.2) is 4.79 Å². The largest absolute Gasteiger partial charge is 0.497 e. The van der Waals surface area contributed by atoms with Gasteiger partial charge in [0.05, 0.1) is 36.7 Å². The monoisotopic (exact) mass is 414 g/mol. The van der Waals surface area contributed by atoms with Gasteiger partial charge in [0.2, 0.25) is 0 Å². The highest BCUT2D eigenvalue weighted by atomic mass is 35.5. The molecule has 0 aliphatic carbocycles. The van der Waals surface area contributed by atoms with Crippen LogP contribution in [0.25, 0.3) is 10.9 Å². The van der Waals surface area contributed by atoms with E-state index in [0.29, 0.717) is 38.8 Å². The number of nitrogens with zero attached hydrogens (tertiary/aromatic N) is 1. The lowest BCUT2D eigenvalue weighted by Gasteiger charge is -2.12. The average Bonchev–Trinajstić information content (AvgIpc) is 2.72. The normalized spacial score (nSPS) is 10.5. The summed E-state index contributed by atoms with van der Waals surface area (Å²) in [6.45, 7) is 1.24. The van der Waals surface area contributed by atoms with Gasteiger partial charge in [0.15, 0.2) is 6.61 Å². The molecule has 0 aliphatic rings. The fraction of sp³-hybridized carbons (Fsp3) is 0.190. The number of carbonyl (C=O) groups is 2. The molecule has 7 nitrogen and oxygen atoms in total. The van der Waals surface area contributed by atoms with Crippen LogP contribution in [0.15, 0.2) is 42.5 Å². The van der Waals surface area contributed by atoms with E-state index >= 15 is 0 Å². The first-order valence-corrected chi connectivity index (χ1v) is 9.05. The summed E-state index contributed by atoms with van der Waals surface area (Å²) in [6.07, 6.45) is 0. The molecule has 1 N–H and O–H groups in total. The van der Waals surface area contributed by atoms with Crippen molar-refractivity contribution in [3.05, 3.63) is 58.7 Å². The van der Waals surface area contributed by atoms with Crippen LogP contribution < -0.4 is 14.8 Å². The number of pyridine rings is 1. The minimum atomic E-state index is -0.645. The Morgan fingerprint density at radius 1 is 1.07 bits per heavy atom. The molecule has 29 heavy (non-hydrogen) atoms. The van der Waals surface area contributed by atoms with Crippen molar-refractivity contribution in [2.24, 2.45) is 0 Å². The van der Waals surface area contributed by atoms with Gasteiger partial charge in [-0.05, 0) is 43.3 Å². The van der Waals surface area contributed by atoms with E-state index in [0.717, 1.165) is 0 Å². The predicted molar refractivity (Wildman–Crippen MR) is 110 cm³/mol. The fourth-order valence-electron chi connectivity index (χ4n) is 2.75. The van der Waals surface area contributed by atoms with Crippen molar-refractivity contribution in [1.82, 2.24) is 4.98 Å². The number of anilines is 1. The number of esters is 1. The van der Waals surface area contributed by atoms with Crippen LogP contribution in [0, 0.1) is 6.92 Å². The second kappa shape index (κ2) is 8.79. The van der Waals surface area contributed by atoms with Crippen molar-refractivity contribution < 1.29 is 23.8 Å². The van der Waals surface area contributed by atoms with Crippen LogP contribution >= 0.6 is 11.6 Å². The summed E-state index contributed by atoms with van der Waals surface area (Å²) in [4.78, 5) is 29.0. The molecule has 0 aliphatic heterocycles. The molecule has 0 saturated carbocycles. The van der Waals surface area contributed by atoms with Crippen LogP contribution in [0.4, 0.5) is 5.69 Å². The molecule has 0 atom stereocenters. The van der Waals surface area contributed by atoms with Crippen LogP contribution in [0.3, 0.4) is 0 Å². The molecule has 3 aromatic rings. The van der Waals surface area contributed by atoms with Gasteiger partial charge >= 0.3 is 5.97 Å². The average molecular weight is 415 g/mol.